The van der Waals surface area contributed by atoms with E-state index < -0.39 is 0 Å². The molecule has 0 saturated carbocycles. The Labute approximate surface area is 246 Å². The average Bonchev–Trinajstić information content (AvgIpc) is 3.59. The maximum atomic E-state index is 6.23. The van der Waals surface area contributed by atoms with Gasteiger partial charge in [0.2, 0.25) is 0 Å². The fraction of sp³-hybridized carbons (Fsp3) is 0.368. The summed E-state index contributed by atoms with van der Waals surface area (Å²) in [5.41, 5.74) is 11.1. The standard InChI is InChI=1S/C38H44N2O/c1-27-19-28(2)22-33(21-27)37-7-5-17-39(37)25-31-9-13-35(14-10-31)41-36-15-11-32(12-16-36)26-40-18-6-8-38(40)34-23-29(3)20-30(4)24-34/h9-16,19-24,37-38H,5-8,17-18,25-26H2,1-4H3/t37-,38-/m0/s1. The van der Waals surface area contributed by atoms with E-state index in [4.69, 9.17) is 4.74 Å². The number of hydrogen-bond acceptors (Lipinski definition) is 3. The van der Waals surface area contributed by atoms with Gasteiger partial charge in [0.25, 0.3) is 0 Å². The number of benzene rings is 4. The van der Waals surface area contributed by atoms with Gasteiger partial charge in [-0.25, -0.2) is 0 Å². The van der Waals surface area contributed by atoms with Crippen LogP contribution in [0.2, 0.25) is 0 Å². The van der Waals surface area contributed by atoms with Crippen LogP contribution >= 0.6 is 0 Å². The van der Waals surface area contributed by atoms with E-state index in [0.717, 1.165) is 37.7 Å². The third kappa shape index (κ3) is 6.74. The summed E-state index contributed by atoms with van der Waals surface area (Å²) in [5.74, 6) is 1.78. The Morgan fingerprint density at radius 2 is 0.902 bits per heavy atom. The number of likely N-dealkylation sites (tertiary alicyclic amines) is 2. The van der Waals surface area contributed by atoms with E-state index >= 15 is 0 Å². The van der Waals surface area contributed by atoms with Crippen LogP contribution in [-0.2, 0) is 13.1 Å². The molecule has 2 aliphatic heterocycles. The van der Waals surface area contributed by atoms with Crippen molar-refractivity contribution in [2.24, 2.45) is 0 Å². The molecule has 0 bridgehead atoms. The summed E-state index contributed by atoms with van der Waals surface area (Å²) < 4.78 is 6.23. The molecule has 0 unspecified atom stereocenters. The van der Waals surface area contributed by atoms with Crippen LogP contribution in [0.15, 0.2) is 84.9 Å². The molecule has 0 aromatic heterocycles. The van der Waals surface area contributed by atoms with Crippen LogP contribution in [-0.4, -0.2) is 22.9 Å². The van der Waals surface area contributed by atoms with Gasteiger partial charge in [-0.1, -0.05) is 82.9 Å². The minimum absolute atomic E-state index is 0.514. The van der Waals surface area contributed by atoms with E-state index in [2.05, 4.69) is 122 Å². The molecule has 4 aromatic rings. The molecule has 2 atom stereocenters. The van der Waals surface area contributed by atoms with Crippen LogP contribution in [0.4, 0.5) is 0 Å². The zero-order valence-corrected chi connectivity index (χ0v) is 25.2. The maximum absolute atomic E-state index is 6.23. The molecular formula is C38H44N2O. The van der Waals surface area contributed by atoms with Gasteiger partial charge in [-0.3, -0.25) is 9.80 Å². The molecule has 41 heavy (non-hydrogen) atoms. The number of nitrogens with zero attached hydrogens (tertiary/aromatic N) is 2. The van der Waals surface area contributed by atoms with Gasteiger partial charge in [-0.15, -0.1) is 0 Å². The highest BCUT2D eigenvalue weighted by molar-refractivity contribution is 5.36. The van der Waals surface area contributed by atoms with Crippen molar-refractivity contribution in [2.75, 3.05) is 13.1 Å². The van der Waals surface area contributed by atoms with Crippen molar-refractivity contribution in [3.8, 4) is 11.5 Å². The number of hydrogen-bond donors (Lipinski definition) is 0. The van der Waals surface area contributed by atoms with E-state index in [-0.39, 0.29) is 0 Å². The summed E-state index contributed by atoms with van der Waals surface area (Å²) in [4.78, 5) is 5.27. The summed E-state index contributed by atoms with van der Waals surface area (Å²) in [5, 5.41) is 0. The second-order valence-electron chi connectivity index (χ2n) is 12.5. The lowest BCUT2D eigenvalue weighted by Gasteiger charge is -2.26. The smallest absolute Gasteiger partial charge is 0.127 e. The van der Waals surface area contributed by atoms with Crippen LogP contribution < -0.4 is 4.74 Å². The van der Waals surface area contributed by atoms with Crippen LogP contribution in [0.3, 0.4) is 0 Å². The number of ether oxygens (including phenoxy) is 1. The predicted molar refractivity (Wildman–Crippen MR) is 170 cm³/mol. The molecule has 2 aliphatic rings. The van der Waals surface area contributed by atoms with Gasteiger partial charge in [0.05, 0.1) is 0 Å². The molecule has 0 amide bonds. The first-order valence-corrected chi connectivity index (χ1v) is 15.4. The Kier molecular flexibility index (Phi) is 8.27. The molecule has 0 N–H and O–H groups in total. The quantitative estimate of drug-likeness (QED) is 0.220. The maximum Gasteiger partial charge on any atom is 0.127 e. The van der Waals surface area contributed by atoms with Crippen molar-refractivity contribution >= 4 is 0 Å². The summed E-state index contributed by atoms with van der Waals surface area (Å²) in [6.07, 6.45) is 5.01. The second-order valence-corrected chi connectivity index (χ2v) is 12.5. The molecule has 2 heterocycles. The normalized spacial score (nSPS) is 19.6. The van der Waals surface area contributed by atoms with Gasteiger partial charge in [0.1, 0.15) is 11.5 Å². The Balaban J connectivity index is 1.05. The minimum Gasteiger partial charge on any atom is -0.457 e. The highest BCUT2D eigenvalue weighted by Crippen LogP contribution is 2.36. The predicted octanol–water partition coefficient (Wildman–Crippen LogP) is 9.39. The lowest BCUT2D eigenvalue weighted by molar-refractivity contribution is 0.248. The lowest BCUT2D eigenvalue weighted by Crippen LogP contribution is -2.22. The molecule has 3 heteroatoms. The van der Waals surface area contributed by atoms with Crippen molar-refractivity contribution in [3.63, 3.8) is 0 Å². The fourth-order valence-corrected chi connectivity index (χ4v) is 7.12. The van der Waals surface area contributed by atoms with Crippen LogP contribution in [0.5, 0.6) is 11.5 Å². The van der Waals surface area contributed by atoms with E-state index in [1.54, 1.807) is 0 Å². The highest BCUT2D eigenvalue weighted by Gasteiger charge is 2.27. The highest BCUT2D eigenvalue weighted by atomic mass is 16.5. The van der Waals surface area contributed by atoms with E-state index in [1.807, 2.05) is 0 Å². The first-order valence-electron chi connectivity index (χ1n) is 15.4. The molecule has 0 radical (unpaired) electrons. The van der Waals surface area contributed by atoms with Crippen LogP contribution in [0, 0.1) is 27.7 Å². The Hall–Kier alpha value is -3.40. The van der Waals surface area contributed by atoms with Gasteiger partial charge in [0, 0.05) is 25.2 Å². The van der Waals surface area contributed by atoms with Gasteiger partial charge < -0.3 is 4.74 Å². The zero-order chi connectivity index (χ0) is 28.3. The third-order valence-corrected chi connectivity index (χ3v) is 8.84. The Bertz CT molecular complexity index is 1320. The molecule has 6 rings (SSSR count). The average molecular weight is 545 g/mol. The van der Waals surface area contributed by atoms with Crippen molar-refractivity contribution < 1.29 is 4.74 Å². The number of rotatable bonds is 8. The zero-order valence-electron chi connectivity index (χ0n) is 25.2. The van der Waals surface area contributed by atoms with Crippen molar-refractivity contribution in [2.45, 2.75) is 78.6 Å². The van der Waals surface area contributed by atoms with E-state index in [0.29, 0.717) is 12.1 Å². The van der Waals surface area contributed by atoms with Gasteiger partial charge in [0.15, 0.2) is 0 Å². The summed E-state index contributed by atoms with van der Waals surface area (Å²) in [6.45, 7) is 13.1. The van der Waals surface area contributed by atoms with Crippen LogP contribution in [0.25, 0.3) is 0 Å². The van der Waals surface area contributed by atoms with Crippen LogP contribution in [0.1, 0.15) is 82.3 Å². The first kappa shape index (κ1) is 27.8. The fourth-order valence-electron chi connectivity index (χ4n) is 7.12. The summed E-state index contributed by atoms with van der Waals surface area (Å²) >= 11 is 0. The molecule has 0 aliphatic carbocycles. The number of aryl methyl sites for hydroxylation is 4. The van der Waals surface area contributed by atoms with Gasteiger partial charge in [-0.05, 0) is 113 Å². The summed E-state index contributed by atoms with van der Waals surface area (Å²) in [7, 11) is 0. The minimum atomic E-state index is 0.514. The monoisotopic (exact) mass is 544 g/mol. The van der Waals surface area contributed by atoms with Crippen molar-refractivity contribution in [1.29, 1.82) is 0 Å². The Morgan fingerprint density at radius 1 is 0.537 bits per heavy atom. The van der Waals surface area contributed by atoms with Gasteiger partial charge in [-0.2, -0.15) is 0 Å². The first-order chi connectivity index (χ1) is 19.9. The van der Waals surface area contributed by atoms with Crippen molar-refractivity contribution in [3.05, 3.63) is 129 Å². The van der Waals surface area contributed by atoms with E-state index in [9.17, 15) is 0 Å². The largest absolute Gasteiger partial charge is 0.457 e. The molecule has 212 valence electrons. The van der Waals surface area contributed by atoms with Crippen molar-refractivity contribution in [1.82, 2.24) is 9.80 Å². The molecule has 4 aromatic carbocycles. The SMILES string of the molecule is Cc1cc(C)cc([C@@H]2CCCN2Cc2ccc(Oc3ccc(CN4CCC[C@H]4c4cc(C)cc(C)c4)cc3)cc2)c1. The molecule has 2 fully saturated rings. The Morgan fingerprint density at radius 3 is 1.27 bits per heavy atom. The topological polar surface area (TPSA) is 15.7 Å². The molecular weight excluding hydrogens is 500 g/mol. The molecule has 0 spiro atoms. The lowest BCUT2D eigenvalue weighted by atomic mass is 9.99. The molecule has 2 saturated heterocycles. The second kappa shape index (κ2) is 12.2. The summed E-state index contributed by atoms with van der Waals surface area (Å²) in [6, 6.07) is 32.4. The van der Waals surface area contributed by atoms with Gasteiger partial charge >= 0.3 is 0 Å². The third-order valence-electron chi connectivity index (χ3n) is 8.84. The molecule has 3 nitrogen and oxygen atoms in total. The van der Waals surface area contributed by atoms with E-state index in [1.165, 1.54) is 70.2 Å².